The van der Waals surface area contributed by atoms with Crippen LogP contribution in [0.25, 0.3) is 11.4 Å². The number of hydrogen-bond acceptors (Lipinski definition) is 9. The molecule has 3 rings (SSSR count). The average Bonchev–Trinajstić information content (AvgIpc) is 2.67. The van der Waals surface area contributed by atoms with Crippen molar-refractivity contribution < 1.29 is 8.76 Å². The Morgan fingerprint density at radius 3 is 2.50 bits per heavy atom. The fraction of sp³-hybridized carbons (Fsp3) is 0.0625. The summed E-state index contributed by atoms with van der Waals surface area (Å²) in [6.07, 6.45) is 1.70. The van der Waals surface area contributed by atoms with E-state index in [0.29, 0.717) is 23.1 Å². The quantitative estimate of drug-likeness (QED) is 0.296. The van der Waals surface area contributed by atoms with Gasteiger partial charge in [-0.05, 0) is 36.4 Å². The van der Waals surface area contributed by atoms with Gasteiger partial charge in [0, 0.05) is 25.0 Å². The number of pyridine rings is 1. The predicted molar refractivity (Wildman–Crippen MR) is 101 cm³/mol. The van der Waals surface area contributed by atoms with Gasteiger partial charge in [0.1, 0.15) is 0 Å². The lowest BCUT2D eigenvalue weighted by atomic mass is 10.2. The molecule has 0 radical (unpaired) electrons. The lowest BCUT2D eigenvalue weighted by Gasteiger charge is -2.12. The van der Waals surface area contributed by atoms with Crippen molar-refractivity contribution >= 4 is 34.0 Å². The van der Waals surface area contributed by atoms with Crippen LogP contribution in [0, 0.1) is 0 Å². The van der Waals surface area contributed by atoms with E-state index in [-0.39, 0.29) is 0 Å². The van der Waals surface area contributed by atoms with E-state index in [4.69, 9.17) is 4.55 Å². The van der Waals surface area contributed by atoms with Gasteiger partial charge in [-0.1, -0.05) is 16.9 Å². The molecular formula is C16H16N7O2S-. The number of anilines is 3. The van der Waals surface area contributed by atoms with Gasteiger partial charge in [0.25, 0.3) is 0 Å². The number of hydrogen-bond donors (Lipinski definition) is 4. The largest absolute Gasteiger partial charge is 0.454 e. The summed E-state index contributed by atoms with van der Waals surface area (Å²) in [7, 11) is -0.484. The number of benzene rings is 1. The molecule has 3 aromatic rings. The van der Waals surface area contributed by atoms with E-state index in [0.717, 1.165) is 11.4 Å². The highest BCUT2D eigenvalue weighted by Crippen LogP contribution is 2.20. The van der Waals surface area contributed by atoms with Crippen molar-refractivity contribution in [1.29, 1.82) is 0 Å². The van der Waals surface area contributed by atoms with Crippen molar-refractivity contribution in [3.63, 3.8) is 0 Å². The third-order valence-electron chi connectivity index (χ3n) is 3.26. The molecule has 10 heteroatoms. The second kappa shape index (κ2) is 8.23. The van der Waals surface area contributed by atoms with E-state index in [1.807, 2.05) is 18.2 Å². The first-order chi connectivity index (χ1) is 12.6. The normalized spacial score (nSPS) is 11.8. The van der Waals surface area contributed by atoms with Gasteiger partial charge in [0.2, 0.25) is 5.95 Å². The molecule has 0 spiro atoms. The van der Waals surface area contributed by atoms with Crippen LogP contribution in [0.2, 0.25) is 0 Å². The lowest BCUT2D eigenvalue weighted by Crippen LogP contribution is -2.11. The van der Waals surface area contributed by atoms with Gasteiger partial charge in [-0.15, -0.1) is 0 Å². The minimum atomic E-state index is -2.22. The smallest absolute Gasteiger partial charge is 0.225 e. The highest BCUT2D eigenvalue weighted by molar-refractivity contribution is 7.68. The topological polar surface area (TPSA) is 124 Å². The first-order valence-corrected chi connectivity index (χ1v) is 8.63. The van der Waals surface area contributed by atoms with Crippen LogP contribution in [0.15, 0.2) is 59.1 Å². The molecule has 1 aromatic carbocycles. The maximum absolute atomic E-state index is 10.7. The molecular weight excluding hydrogens is 354 g/mol. The SMILES string of the molecule is CNc1nc(NNc2ccc(N=[S-](=O)O)cc2)cc(-c2ccccn2)n1. The van der Waals surface area contributed by atoms with Crippen molar-refractivity contribution in [1.82, 2.24) is 15.0 Å². The minimum Gasteiger partial charge on any atom is -0.454 e. The summed E-state index contributed by atoms with van der Waals surface area (Å²) in [5.74, 6) is 1.01. The zero-order valence-corrected chi connectivity index (χ0v) is 14.6. The van der Waals surface area contributed by atoms with Crippen LogP contribution in [-0.4, -0.2) is 26.6 Å². The number of rotatable bonds is 6. The molecule has 0 aliphatic rings. The van der Waals surface area contributed by atoms with Gasteiger partial charge in [-0.2, -0.15) is 4.98 Å². The van der Waals surface area contributed by atoms with Crippen LogP contribution in [-0.2, 0) is 15.1 Å². The van der Waals surface area contributed by atoms with Crippen LogP contribution in [0.1, 0.15) is 0 Å². The lowest BCUT2D eigenvalue weighted by molar-refractivity contribution is 0.529. The molecule has 0 aliphatic carbocycles. The highest BCUT2D eigenvalue weighted by Gasteiger charge is 2.06. The van der Waals surface area contributed by atoms with Crippen LogP contribution < -0.4 is 16.2 Å². The summed E-state index contributed by atoms with van der Waals surface area (Å²) in [6.45, 7) is 0. The van der Waals surface area contributed by atoms with Crippen LogP contribution in [0.4, 0.5) is 23.1 Å². The van der Waals surface area contributed by atoms with Crippen LogP contribution in [0.3, 0.4) is 0 Å². The number of nitrogens with zero attached hydrogens (tertiary/aromatic N) is 4. The third-order valence-corrected chi connectivity index (χ3v) is 3.63. The Kier molecular flexibility index (Phi) is 5.56. The standard InChI is InChI=1S/C16H16N7O2S/c1-17-16-19-14(13-4-2-3-9-18-13)10-15(20-16)22-21-11-5-7-12(8-6-11)23-26(24)25/h2-10,21H,1H3,(H,23,24,25)(H2,17,19,20,22)/q-1. The molecule has 0 bridgehead atoms. The van der Waals surface area contributed by atoms with Gasteiger partial charge in [0.05, 0.1) is 17.1 Å². The summed E-state index contributed by atoms with van der Waals surface area (Å²) in [6, 6.07) is 14.1. The number of hydrazine groups is 1. The second-order valence-electron chi connectivity index (χ2n) is 5.05. The Balaban J connectivity index is 1.77. The molecule has 0 aliphatic heterocycles. The fourth-order valence-electron chi connectivity index (χ4n) is 2.10. The minimum absolute atomic E-state index is 0.410. The predicted octanol–water partition coefficient (Wildman–Crippen LogP) is 3.27. The number of nitrogens with one attached hydrogen (secondary N) is 3. The first kappa shape index (κ1) is 17.6. The molecule has 0 unspecified atom stereocenters. The Morgan fingerprint density at radius 2 is 1.85 bits per heavy atom. The molecule has 2 heterocycles. The van der Waals surface area contributed by atoms with Crippen molar-refractivity contribution in [2.24, 2.45) is 4.36 Å². The van der Waals surface area contributed by atoms with Crippen LogP contribution >= 0.6 is 0 Å². The van der Waals surface area contributed by atoms with Crippen molar-refractivity contribution in [3.05, 3.63) is 54.7 Å². The van der Waals surface area contributed by atoms with E-state index >= 15 is 0 Å². The first-order valence-electron chi connectivity index (χ1n) is 7.57. The Hall–Kier alpha value is -3.24. The molecule has 0 saturated heterocycles. The maximum atomic E-state index is 10.7. The second-order valence-corrected chi connectivity index (χ2v) is 5.69. The summed E-state index contributed by atoms with van der Waals surface area (Å²) in [4.78, 5) is 13.0. The van der Waals surface area contributed by atoms with E-state index in [9.17, 15) is 4.21 Å². The molecule has 0 amide bonds. The summed E-state index contributed by atoms with van der Waals surface area (Å²) in [5, 5.41) is 2.92. The van der Waals surface area contributed by atoms with Crippen molar-refractivity contribution in [2.75, 3.05) is 23.2 Å². The Bertz CT molecular complexity index is 958. The van der Waals surface area contributed by atoms with E-state index < -0.39 is 10.9 Å². The van der Waals surface area contributed by atoms with Crippen LogP contribution in [0.5, 0.6) is 0 Å². The van der Waals surface area contributed by atoms with Gasteiger partial charge in [-0.25, -0.2) is 4.98 Å². The molecule has 4 N–H and O–H groups in total. The van der Waals surface area contributed by atoms with E-state index in [1.165, 1.54) is 0 Å². The van der Waals surface area contributed by atoms with E-state index in [1.54, 1.807) is 43.6 Å². The average molecular weight is 370 g/mol. The van der Waals surface area contributed by atoms with E-state index in [2.05, 4.69) is 35.5 Å². The summed E-state index contributed by atoms with van der Waals surface area (Å²) < 4.78 is 22.9. The highest BCUT2D eigenvalue weighted by atomic mass is 32.2. The molecule has 0 saturated carbocycles. The van der Waals surface area contributed by atoms with Gasteiger partial charge >= 0.3 is 0 Å². The maximum Gasteiger partial charge on any atom is 0.225 e. The zero-order chi connectivity index (χ0) is 18.4. The summed E-state index contributed by atoms with van der Waals surface area (Å²) >= 11 is 0. The number of aromatic nitrogens is 3. The molecule has 26 heavy (non-hydrogen) atoms. The Morgan fingerprint density at radius 1 is 1.04 bits per heavy atom. The van der Waals surface area contributed by atoms with Crippen molar-refractivity contribution in [2.45, 2.75) is 0 Å². The molecule has 0 atom stereocenters. The molecule has 0 fully saturated rings. The van der Waals surface area contributed by atoms with Gasteiger partial charge in [0.15, 0.2) is 5.82 Å². The van der Waals surface area contributed by atoms with Gasteiger partial charge in [-0.3, -0.25) is 15.8 Å². The molecule has 2 aromatic heterocycles. The van der Waals surface area contributed by atoms with Gasteiger partial charge < -0.3 is 18.4 Å². The molecule has 9 nitrogen and oxygen atoms in total. The molecule has 134 valence electrons. The Labute approximate surface area is 152 Å². The monoisotopic (exact) mass is 370 g/mol. The summed E-state index contributed by atoms with van der Waals surface area (Å²) in [5.41, 5.74) is 8.55. The van der Waals surface area contributed by atoms with Crippen molar-refractivity contribution in [3.8, 4) is 11.4 Å². The third kappa shape index (κ3) is 4.65. The fourth-order valence-corrected chi connectivity index (χ4v) is 2.40. The zero-order valence-electron chi connectivity index (χ0n) is 13.7.